The van der Waals surface area contributed by atoms with Crippen molar-refractivity contribution in [1.29, 1.82) is 0 Å². The largest absolute Gasteiger partial charge is 0.448 e. The lowest BCUT2D eigenvalue weighted by molar-refractivity contribution is 0.307. The van der Waals surface area contributed by atoms with Gasteiger partial charge in [0.2, 0.25) is 0 Å². The number of nitrogens with zero attached hydrogens (tertiary/aromatic N) is 1. The van der Waals surface area contributed by atoms with Crippen LogP contribution in [0.5, 0.6) is 0 Å². The van der Waals surface area contributed by atoms with Crippen LogP contribution in [0.15, 0.2) is 10.7 Å². The second-order valence-electron chi connectivity index (χ2n) is 4.28. The molecule has 0 aromatic carbocycles. The van der Waals surface area contributed by atoms with E-state index in [1.54, 1.807) is 6.26 Å². The molecule has 0 aliphatic heterocycles. The molecule has 0 N–H and O–H groups in total. The van der Waals surface area contributed by atoms with Gasteiger partial charge in [-0.1, -0.05) is 6.92 Å². The van der Waals surface area contributed by atoms with Gasteiger partial charge in [-0.25, -0.2) is 4.98 Å². The molecule has 0 atom stereocenters. The summed E-state index contributed by atoms with van der Waals surface area (Å²) < 4.78 is 5.43. The van der Waals surface area contributed by atoms with Gasteiger partial charge < -0.3 is 4.42 Å². The molecule has 0 saturated heterocycles. The van der Waals surface area contributed by atoms with E-state index in [0.717, 1.165) is 17.5 Å². The van der Waals surface area contributed by atoms with Crippen molar-refractivity contribution >= 4 is 0 Å². The van der Waals surface area contributed by atoms with E-state index in [1.165, 1.54) is 25.7 Å². The fourth-order valence-electron chi connectivity index (χ4n) is 2.07. The van der Waals surface area contributed by atoms with Crippen LogP contribution in [-0.2, 0) is 0 Å². The van der Waals surface area contributed by atoms with Crippen LogP contribution in [0.4, 0.5) is 0 Å². The molecule has 2 rings (SSSR count). The first kappa shape index (κ1) is 8.79. The van der Waals surface area contributed by atoms with Crippen LogP contribution >= 0.6 is 0 Å². The summed E-state index contributed by atoms with van der Waals surface area (Å²) >= 11 is 0. The average Bonchev–Trinajstić information content (AvgIpc) is 2.53. The Morgan fingerprint density at radius 3 is 2.54 bits per heavy atom. The molecule has 0 bridgehead atoms. The van der Waals surface area contributed by atoms with Gasteiger partial charge in [0, 0.05) is 5.92 Å². The highest BCUT2D eigenvalue weighted by Crippen LogP contribution is 2.34. The molecule has 1 heterocycles. The van der Waals surface area contributed by atoms with Gasteiger partial charge in [-0.3, -0.25) is 0 Å². The summed E-state index contributed by atoms with van der Waals surface area (Å²) in [6, 6.07) is 0. The van der Waals surface area contributed by atoms with Crippen molar-refractivity contribution in [3.05, 3.63) is 17.8 Å². The minimum Gasteiger partial charge on any atom is -0.448 e. The van der Waals surface area contributed by atoms with Gasteiger partial charge in [-0.2, -0.15) is 0 Å². The van der Waals surface area contributed by atoms with Crippen LogP contribution < -0.4 is 0 Å². The maximum absolute atomic E-state index is 5.43. The Hall–Kier alpha value is -0.790. The Morgan fingerprint density at radius 2 is 2.00 bits per heavy atom. The third kappa shape index (κ3) is 1.93. The number of aryl methyl sites for hydroxylation is 1. The highest BCUT2D eigenvalue weighted by atomic mass is 16.3. The van der Waals surface area contributed by atoms with E-state index < -0.39 is 0 Å². The zero-order valence-corrected chi connectivity index (χ0v) is 8.42. The topological polar surface area (TPSA) is 26.0 Å². The number of hydrogen-bond acceptors (Lipinski definition) is 2. The number of aromatic nitrogens is 1. The molecule has 2 nitrogen and oxygen atoms in total. The predicted octanol–water partition coefficient (Wildman–Crippen LogP) is 3.28. The van der Waals surface area contributed by atoms with Crippen molar-refractivity contribution in [3.63, 3.8) is 0 Å². The maximum Gasteiger partial charge on any atom is 0.197 e. The number of hydrogen-bond donors (Lipinski definition) is 0. The van der Waals surface area contributed by atoms with Crippen molar-refractivity contribution in [2.75, 3.05) is 0 Å². The smallest absolute Gasteiger partial charge is 0.197 e. The highest BCUT2D eigenvalue weighted by Gasteiger charge is 2.22. The first-order valence-corrected chi connectivity index (χ1v) is 5.17. The van der Waals surface area contributed by atoms with E-state index in [2.05, 4.69) is 11.9 Å². The minimum absolute atomic E-state index is 0.588. The van der Waals surface area contributed by atoms with Crippen LogP contribution in [0.25, 0.3) is 0 Å². The van der Waals surface area contributed by atoms with Gasteiger partial charge in [-0.15, -0.1) is 0 Å². The summed E-state index contributed by atoms with van der Waals surface area (Å²) in [6.07, 6.45) is 6.91. The fraction of sp³-hybridized carbons (Fsp3) is 0.727. The van der Waals surface area contributed by atoms with Crippen LogP contribution in [0.1, 0.15) is 50.1 Å². The van der Waals surface area contributed by atoms with E-state index in [9.17, 15) is 0 Å². The van der Waals surface area contributed by atoms with E-state index >= 15 is 0 Å². The molecule has 13 heavy (non-hydrogen) atoms. The number of rotatable bonds is 1. The normalized spacial score (nSPS) is 29.1. The fourth-order valence-corrected chi connectivity index (χ4v) is 2.07. The van der Waals surface area contributed by atoms with Gasteiger partial charge in [0.1, 0.15) is 6.26 Å². The van der Waals surface area contributed by atoms with Crippen LogP contribution in [-0.4, -0.2) is 4.98 Å². The molecule has 1 aliphatic rings. The Balaban J connectivity index is 2.02. The molecular weight excluding hydrogens is 162 g/mol. The lowest BCUT2D eigenvalue weighted by Crippen LogP contribution is -2.10. The molecular formula is C11H17NO. The summed E-state index contributed by atoms with van der Waals surface area (Å²) in [5, 5.41) is 0. The van der Waals surface area contributed by atoms with Gasteiger partial charge in [-0.05, 0) is 38.5 Å². The Labute approximate surface area is 79.4 Å². The van der Waals surface area contributed by atoms with Crippen LogP contribution in [0, 0.1) is 12.8 Å². The van der Waals surface area contributed by atoms with Crippen molar-refractivity contribution < 1.29 is 4.42 Å². The zero-order valence-electron chi connectivity index (χ0n) is 8.42. The Kier molecular flexibility index (Phi) is 2.38. The minimum atomic E-state index is 0.588. The first-order valence-electron chi connectivity index (χ1n) is 5.17. The lowest BCUT2D eigenvalue weighted by Gasteiger charge is -2.23. The molecule has 0 amide bonds. The molecule has 0 radical (unpaired) electrons. The molecule has 1 saturated carbocycles. The Bertz CT molecular complexity index is 271. The third-order valence-corrected chi connectivity index (χ3v) is 3.00. The van der Waals surface area contributed by atoms with Crippen molar-refractivity contribution in [1.82, 2.24) is 4.98 Å². The Morgan fingerprint density at radius 1 is 1.31 bits per heavy atom. The highest BCUT2D eigenvalue weighted by molar-refractivity contribution is 4.99. The van der Waals surface area contributed by atoms with Crippen molar-refractivity contribution in [2.45, 2.75) is 45.4 Å². The zero-order chi connectivity index (χ0) is 9.26. The summed E-state index contributed by atoms with van der Waals surface area (Å²) in [5.41, 5.74) is 1.01. The maximum atomic E-state index is 5.43. The van der Waals surface area contributed by atoms with E-state index in [1.807, 2.05) is 6.92 Å². The van der Waals surface area contributed by atoms with Crippen LogP contribution in [0.3, 0.4) is 0 Å². The quantitative estimate of drug-likeness (QED) is 0.661. The molecule has 0 spiro atoms. The van der Waals surface area contributed by atoms with Gasteiger partial charge >= 0.3 is 0 Å². The van der Waals surface area contributed by atoms with E-state index in [0.29, 0.717) is 5.92 Å². The van der Waals surface area contributed by atoms with Crippen molar-refractivity contribution in [2.24, 2.45) is 5.92 Å². The number of oxazole rings is 1. The molecule has 1 aromatic heterocycles. The molecule has 0 unspecified atom stereocenters. The third-order valence-electron chi connectivity index (χ3n) is 3.00. The monoisotopic (exact) mass is 179 g/mol. The second-order valence-corrected chi connectivity index (χ2v) is 4.28. The van der Waals surface area contributed by atoms with Crippen molar-refractivity contribution in [3.8, 4) is 0 Å². The molecule has 1 aromatic rings. The first-order chi connectivity index (χ1) is 6.25. The van der Waals surface area contributed by atoms with Crippen LogP contribution in [0.2, 0.25) is 0 Å². The van der Waals surface area contributed by atoms with Gasteiger partial charge in [0.25, 0.3) is 0 Å². The summed E-state index contributed by atoms with van der Waals surface area (Å²) in [4.78, 5) is 4.39. The molecule has 1 aliphatic carbocycles. The summed E-state index contributed by atoms with van der Waals surface area (Å²) in [7, 11) is 0. The summed E-state index contributed by atoms with van der Waals surface area (Å²) in [6.45, 7) is 4.31. The predicted molar refractivity (Wildman–Crippen MR) is 51.6 cm³/mol. The SMILES string of the molecule is Cc1coc([C@H]2CC[C@H](C)CC2)n1. The summed E-state index contributed by atoms with van der Waals surface area (Å²) in [5.74, 6) is 2.45. The second kappa shape index (κ2) is 3.52. The standard InChI is InChI=1S/C11H17NO/c1-8-3-5-10(6-4-8)11-12-9(2)7-13-11/h7-8,10H,3-6H2,1-2H3/t8-,10-. The lowest BCUT2D eigenvalue weighted by atomic mass is 9.83. The van der Waals surface area contributed by atoms with Gasteiger partial charge in [0.05, 0.1) is 5.69 Å². The van der Waals surface area contributed by atoms with Gasteiger partial charge in [0.15, 0.2) is 5.89 Å². The van der Waals surface area contributed by atoms with E-state index in [-0.39, 0.29) is 0 Å². The average molecular weight is 179 g/mol. The van der Waals surface area contributed by atoms with E-state index in [4.69, 9.17) is 4.42 Å². The molecule has 2 heteroatoms. The molecule has 72 valence electrons. The molecule has 1 fully saturated rings.